The van der Waals surface area contributed by atoms with Gasteiger partial charge in [0.1, 0.15) is 11.5 Å². The fourth-order valence-electron chi connectivity index (χ4n) is 1.78. The van der Waals surface area contributed by atoms with Crippen LogP contribution in [-0.4, -0.2) is 17.3 Å². The smallest absolute Gasteiger partial charge is 0.226 e. The molecule has 20 heavy (non-hydrogen) atoms. The summed E-state index contributed by atoms with van der Waals surface area (Å²) < 4.78 is 16.0. The molecule has 2 rings (SSSR count). The highest BCUT2D eigenvalue weighted by atomic mass is 16.5. The normalized spacial score (nSPS) is 12.2. The van der Waals surface area contributed by atoms with Gasteiger partial charge >= 0.3 is 0 Å². The first-order valence-electron chi connectivity index (χ1n) is 6.51. The number of methoxy groups -OCH3 is 1. The van der Waals surface area contributed by atoms with Gasteiger partial charge in [-0.1, -0.05) is 18.1 Å². The van der Waals surface area contributed by atoms with Crippen molar-refractivity contribution in [1.29, 1.82) is 0 Å². The fraction of sp³-hybridized carbons (Fsp3) is 0.429. The molecule has 0 saturated heterocycles. The van der Waals surface area contributed by atoms with Crippen LogP contribution in [0.5, 0.6) is 11.5 Å². The van der Waals surface area contributed by atoms with Crippen molar-refractivity contribution in [1.82, 2.24) is 10.1 Å². The average molecular weight is 277 g/mol. The summed E-state index contributed by atoms with van der Waals surface area (Å²) in [7, 11) is 1.61. The minimum absolute atomic E-state index is 0.132. The zero-order valence-electron chi connectivity index (χ0n) is 11.9. The molecule has 6 nitrogen and oxygen atoms in total. The van der Waals surface area contributed by atoms with Crippen molar-refractivity contribution in [2.45, 2.75) is 32.9 Å². The van der Waals surface area contributed by atoms with E-state index in [-0.39, 0.29) is 12.6 Å². The van der Waals surface area contributed by atoms with Gasteiger partial charge in [0, 0.05) is 24.1 Å². The van der Waals surface area contributed by atoms with Crippen molar-refractivity contribution >= 4 is 0 Å². The van der Waals surface area contributed by atoms with Gasteiger partial charge < -0.3 is 19.7 Å². The number of aryl methyl sites for hydroxylation is 1. The molecule has 0 saturated carbocycles. The van der Waals surface area contributed by atoms with E-state index in [1.807, 2.05) is 26.0 Å². The van der Waals surface area contributed by atoms with Crippen molar-refractivity contribution in [3.05, 3.63) is 35.5 Å². The molecule has 0 unspecified atom stereocenters. The lowest BCUT2D eigenvalue weighted by Crippen LogP contribution is -2.08. The third-order valence-electron chi connectivity index (χ3n) is 2.88. The molecule has 0 amide bonds. The number of rotatable bonds is 6. The summed E-state index contributed by atoms with van der Waals surface area (Å²) in [5, 5.41) is 3.85. The van der Waals surface area contributed by atoms with Gasteiger partial charge in [0.15, 0.2) is 6.61 Å². The topological polar surface area (TPSA) is 83.4 Å². The van der Waals surface area contributed by atoms with Crippen molar-refractivity contribution in [3.63, 3.8) is 0 Å². The summed E-state index contributed by atoms with van der Waals surface area (Å²) in [5.41, 5.74) is 6.84. The first kappa shape index (κ1) is 14.3. The lowest BCUT2D eigenvalue weighted by molar-refractivity contribution is 0.279. The van der Waals surface area contributed by atoms with E-state index in [0.717, 1.165) is 5.56 Å². The highest BCUT2D eigenvalue weighted by Gasteiger charge is 2.12. The molecule has 1 aromatic carbocycles. The van der Waals surface area contributed by atoms with Gasteiger partial charge in [0.2, 0.25) is 11.7 Å². The third-order valence-corrected chi connectivity index (χ3v) is 2.88. The van der Waals surface area contributed by atoms with E-state index in [1.54, 1.807) is 13.2 Å². The van der Waals surface area contributed by atoms with Crippen LogP contribution in [0.3, 0.4) is 0 Å². The molecule has 0 aliphatic carbocycles. The number of hydrogen-bond acceptors (Lipinski definition) is 6. The Morgan fingerprint density at radius 3 is 2.80 bits per heavy atom. The molecule has 6 heteroatoms. The van der Waals surface area contributed by atoms with Crippen LogP contribution in [0.15, 0.2) is 22.7 Å². The second-order valence-electron chi connectivity index (χ2n) is 4.44. The van der Waals surface area contributed by atoms with E-state index in [4.69, 9.17) is 19.7 Å². The number of benzene rings is 1. The number of ether oxygens (including phenoxy) is 2. The van der Waals surface area contributed by atoms with E-state index >= 15 is 0 Å². The van der Waals surface area contributed by atoms with Crippen LogP contribution in [0.4, 0.5) is 0 Å². The van der Waals surface area contributed by atoms with Crippen LogP contribution in [0, 0.1) is 0 Å². The van der Waals surface area contributed by atoms with Crippen molar-refractivity contribution in [3.8, 4) is 11.5 Å². The van der Waals surface area contributed by atoms with Crippen LogP contribution in [-0.2, 0) is 13.0 Å². The van der Waals surface area contributed by atoms with Crippen LogP contribution in [0.25, 0.3) is 0 Å². The largest absolute Gasteiger partial charge is 0.497 e. The Bertz CT molecular complexity index is 567. The molecule has 1 atom stereocenters. The predicted molar refractivity (Wildman–Crippen MR) is 73.6 cm³/mol. The molecule has 0 fully saturated rings. The standard InChI is InChI=1S/C14H19N3O3/c1-4-14-16-13(17-20-14)8-19-12-7-10(18-3)5-6-11(12)9(2)15/h5-7,9H,4,8,15H2,1-3H3/t9-/m0/s1. The molecular formula is C14H19N3O3. The van der Waals surface area contributed by atoms with Gasteiger partial charge in [-0.2, -0.15) is 4.98 Å². The molecule has 0 spiro atoms. The Balaban J connectivity index is 2.14. The maximum atomic E-state index is 5.93. The second kappa shape index (κ2) is 6.38. The lowest BCUT2D eigenvalue weighted by atomic mass is 10.1. The van der Waals surface area contributed by atoms with Crippen molar-refractivity contribution in [2.75, 3.05) is 7.11 Å². The first-order valence-corrected chi connectivity index (χ1v) is 6.51. The van der Waals surface area contributed by atoms with E-state index in [2.05, 4.69) is 10.1 Å². The lowest BCUT2D eigenvalue weighted by Gasteiger charge is -2.14. The number of nitrogens with zero attached hydrogens (tertiary/aromatic N) is 2. The number of nitrogens with two attached hydrogens (primary N) is 1. The second-order valence-corrected chi connectivity index (χ2v) is 4.44. The molecule has 1 heterocycles. The van der Waals surface area contributed by atoms with E-state index in [0.29, 0.717) is 29.6 Å². The van der Waals surface area contributed by atoms with Gasteiger partial charge in [-0.25, -0.2) is 0 Å². The summed E-state index contributed by atoms with van der Waals surface area (Å²) in [4.78, 5) is 4.20. The number of aromatic nitrogens is 2. The Morgan fingerprint density at radius 1 is 1.40 bits per heavy atom. The zero-order valence-corrected chi connectivity index (χ0v) is 11.9. The minimum Gasteiger partial charge on any atom is -0.497 e. The summed E-state index contributed by atoms with van der Waals surface area (Å²) in [6.07, 6.45) is 0.706. The molecule has 1 aromatic heterocycles. The molecular weight excluding hydrogens is 258 g/mol. The van der Waals surface area contributed by atoms with Gasteiger partial charge in [-0.15, -0.1) is 0 Å². The van der Waals surface area contributed by atoms with Crippen LogP contribution in [0.1, 0.15) is 37.2 Å². The summed E-state index contributed by atoms with van der Waals surface area (Å²) >= 11 is 0. The molecule has 2 N–H and O–H groups in total. The maximum Gasteiger partial charge on any atom is 0.226 e. The summed E-state index contributed by atoms with van der Waals surface area (Å²) in [5.74, 6) is 2.50. The van der Waals surface area contributed by atoms with Crippen LogP contribution >= 0.6 is 0 Å². The van der Waals surface area contributed by atoms with Gasteiger partial charge in [-0.3, -0.25) is 0 Å². The highest BCUT2D eigenvalue weighted by molar-refractivity contribution is 5.42. The van der Waals surface area contributed by atoms with Gasteiger partial charge in [0.25, 0.3) is 0 Å². The molecule has 0 radical (unpaired) electrons. The quantitative estimate of drug-likeness (QED) is 0.871. The Morgan fingerprint density at radius 2 is 2.20 bits per heavy atom. The maximum absolute atomic E-state index is 5.93. The molecule has 2 aromatic rings. The van der Waals surface area contributed by atoms with E-state index < -0.39 is 0 Å². The Kier molecular flexibility index (Phi) is 4.57. The molecule has 108 valence electrons. The van der Waals surface area contributed by atoms with Crippen LogP contribution < -0.4 is 15.2 Å². The summed E-state index contributed by atoms with van der Waals surface area (Å²) in [6, 6.07) is 5.42. The third kappa shape index (κ3) is 3.27. The Hall–Kier alpha value is -2.08. The predicted octanol–water partition coefficient (Wildman–Crippen LogP) is 2.24. The average Bonchev–Trinajstić information content (AvgIpc) is 2.92. The van der Waals surface area contributed by atoms with Crippen LogP contribution in [0.2, 0.25) is 0 Å². The van der Waals surface area contributed by atoms with Crippen molar-refractivity contribution in [2.24, 2.45) is 5.73 Å². The Labute approximate surface area is 117 Å². The van der Waals surface area contributed by atoms with E-state index in [1.165, 1.54) is 0 Å². The SMILES string of the molecule is CCc1nc(COc2cc(OC)ccc2[C@H](C)N)no1. The van der Waals surface area contributed by atoms with Gasteiger partial charge in [0.05, 0.1) is 7.11 Å². The van der Waals surface area contributed by atoms with E-state index in [9.17, 15) is 0 Å². The molecule has 0 bridgehead atoms. The van der Waals surface area contributed by atoms with Gasteiger partial charge in [-0.05, 0) is 13.0 Å². The minimum atomic E-state index is -0.132. The summed E-state index contributed by atoms with van der Waals surface area (Å²) in [6.45, 7) is 4.09. The zero-order chi connectivity index (χ0) is 14.5. The number of hydrogen-bond donors (Lipinski definition) is 1. The molecule has 0 aliphatic heterocycles. The molecule has 0 aliphatic rings. The monoisotopic (exact) mass is 277 g/mol. The first-order chi connectivity index (χ1) is 9.63. The highest BCUT2D eigenvalue weighted by Crippen LogP contribution is 2.29. The van der Waals surface area contributed by atoms with Crippen molar-refractivity contribution < 1.29 is 14.0 Å². The fourth-order valence-corrected chi connectivity index (χ4v) is 1.78.